The number of carbonyl (C=O) groups is 1. The SMILES string of the molecule is C[C@H]1CNCCN1C(=O)c1cccc2cccnc12.Cl.Cl. The van der Waals surface area contributed by atoms with Crippen LogP contribution in [0.2, 0.25) is 0 Å². The van der Waals surface area contributed by atoms with Gasteiger partial charge in [0.25, 0.3) is 5.91 Å². The van der Waals surface area contributed by atoms with E-state index < -0.39 is 0 Å². The Morgan fingerprint density at radius 1 is 1.29 bits per heavy atom. The second-order valence-electron chi connectivity index (χ2n) is 4.93. The molecule has 114 valence electrons. The van der Waals surface area contributed by atoms with Gasteiger partial charge in [-0.15, -0.1) is 24.8 Å². The molecule has 0 saturated carbocycles. The van der Waals surface area contributed by atoms with Gasteiger partial charge in [-0.2, -0.15) is 0 Å². The first kappa shape index (κ1) is 17.7. The molecular weight excluding hydrogens is 309 g/mol. The summed E-state index contributed by atoms with van der Waals surface area (Å²) >= 11 is 0. The summed E-state index contributed by atoms with van der Waals surface area (Å²) in [6.45, 7) is 4.53. The van der Waals surface area contributed by atoms with Crippen LogP contribution in [0.4, 0.5) is 0 Å². The van der Waals surface area contributed by atoms with Crippen molar-refractivity contribution < 1.29 is 4.79 Å². The number of hydrogen-bond acceptors (Lipinski definition) is 3. The van der Waals surface area contributed by atoms with Gasteiger partial charge in [0, 0.05) is 37.3 Å². The van der Waals surface area contributed by atoms with Crippen LogP contribution in [0.15, 0.2) is 36.5 Å². The van der Waals surface area contributed by atoms with E-state index >= 15 is 0 Å². The number of amides is 1. The number of nitrogens with one attached hydrogen (secondary N) is 1. The predicted octanol–water partition coefficient (Wildman–Crippen LogP) is 2.51. The molecule has 1 aromatic heterocycles. The quantitative estimate of drug-likeness (QED) is 0.875. The van der Waals surface area contributed by atoms with Gasteiger partial charge in [-0.25, -0.2) is 0 Å². The van der Waals surface area contributed by atoms with Crippen molar-refractivity contribution in [2.75, 3.05) is 19.6 Å². The second kappa shape index (κ2) is 7.59. The molecule has 1 amide bonds. The summed E-state index contributed by atoms with van der Waals surface area (Å²) < 4.78 is 0. The fourth-order valence-electron chi connectivity index (χ4n) is 2.57. The van der Waals surface area contributed by atoms with E-state index in [1.165, 1.54) is 0 Å². The Bertz CT molecular complexity index is 615. The maximum Gasteiger partial charge on any atom is 0.256 e. The van der Waals surface area contributed by atoms with Crippen LogP contribution in [0.1, 0.15) is 17.3 Å². The summed E-state index contributed by atoms with van der Waals surface area (Å²) in [5.41, 5.74) is 1.49. The van der Waals surface area contributed by atoms with Crippen molar-refractivity contribution in [3.05, 3.63) is 42.1 Å². The molecule has 1 N–H and O–H groups in total. The number of rotatable bonds is 1. The third-order valence-electron chi connectivity index (χ3n) is 3.63. The highest BCUT2D eigenvalue weighted by Crippen LogP contribution is 2.19. The lowest BCUT2D eigenvalue weighted by Crippen LogP contribution is -2.52. The summed E-state index contributed by atoms with van der Waals surface area (Å²) in [5, 5.41) is 4.31. The number of halogens is 2. The topological polar surface area (TPSA) is 45.2 Å². The highest BCUT2D eigenvalue weighted by molar-refractivity contribution is 6.05. The molecule has 4 nitrogen and oxygen atoms in total. The monoisotopic (exact) mass is 327 g/mol. The Morgan fingerprint density at radius 2 is 2.05 bits per heavy atom. The number of fused-ring (bicyclic) bond motifs is 1. The van der Waals surface area contributed by atoms with Crippen molar-refractivity contribution in [2.45, 2.75) is 13.0 Å². The highest BCUT2D eigenvalue weighted by atomic mass is 35.5. The molecule has 0 aliphatic carbocycles. The minimum absolute atomic E-state index is 0. The van der Waals surface area contributed by atoms with E-state index in [1.54, 1.807) is 6.20 Å². The molecule has 2 heterocycles. The Balaban J connectivity index is 0.00000110. The van der Waals surface area contributed by atoms with E-state index in [9.17, 15) is 4.79 Å². The van der Waals surface area contributed by atoms with Crippen LogP contribution in [0.5, 0.6) is 0 Å². The molecule has 1 saturated heterocycles. The summed E-state index contributed by atoms with van der Waals surface area (Å²) in [7, 11) is 0. The smallest absolute Gasteiger partial charge is 0.256 e. The average Bonchev–Trinajstić information content (AvgIpc) is 2.46. The fraction of sp³-hybridized carbons (Fsp3) is 0.333. The number of benzene rings is 1. The Labute approximate surface area is 136 Å². The van der Waals surface area contributed by atoms with Crippen molar-refractivity contribution in [1.82, 2.24) is 15.2 Å². The van der Waals surface area contributed by atoms with Crippen molar-refractivity contribution in [2.24, 2.45) is 0 Å². The van der Waals surface area contributed by atoms with Gasteiger partial charge in [0.2, 0.25) is 0 Å². The molecule has 0 bridgehead atoms. The van der Waals surface area contributed by atoms with Crippen molar-refractivity contribution >= 4 is 41.6 Å². The van der Waals surface area contributed by atoms with Crippen LogP contribution < -0.4 is 5.32 Å². The van der Waals surface area contributed by atoms with Crippen molar-refractivity contribution in [3.8, 4) is 0 Å². The number of para-hydroxylation sites is 1. The minimum Gasteiger partial charge on any atom is -0.333 e. The van der Waals surface area contributed by atoms with Crippen LogP contribution in [0.3, 0.4) is 0 Å². The van der Waals surface area contributed by atoms with Crippen LogP contribution in [0.25, 0.3) is 10.9 Å². The number of hydrogen-bond donors (Lipinski definition) is 1. The fourth-order valence-corrected chi connectivity index (χ4v) is 2.57. The maximum absolute atomic E-state index is 12.7. The predicted molar refractivity (Wildman–Crippen MR) is 89.6 cm³/mol. The Kier molecular flexibility index (Phi) is 6.40. The summed E-state index contributed by atoms with van der Waals surface area (Å²) in [6, 6.07) is 9.88. The van der Waals surface area contributed by atoms with Gasteiger partial charge in [-0.05, 0) is 19.1 Å². The number of pyridine rings is 1. The molecule has 0 unspecified atom stereocenters. The molecule has 2 aromatic rings. The minimum atomic E-state index is 0. The van der Waals surface area contributed by atoms with Crippen LogP contribution >= 0.6 is 24.8 Å². The molecule has 21 heavy (non-hydrogen) atoms. The van der Waals surface area contributed by atoms with Gasteiger partial charge in [-0.1, -0.05) is 18.2 Å². The summed E-state index contributed by atoms with van der Waals surface area (Å²) in [6.07, 6.45) is 1.74. The zero-order valence-electron chi connectivity index (χ0n) is 11.8. The Hall–Kier alpha value is -1.36. The van der Waals surface area contributed by atoms with E-state index in [2.05, 4.69) is 17.2 Å². The molecule has 1 atom stereocenters. The highest BCUT2D eigenvalue weighted by Gasteiger charge is 2.25. The van der Waals surface area contributed by atoms with Gasteiger partial charge in [0.15, 0.2) is 0 Å². The number of carbonyl (C=O) groups excluding carboxylic acids is 1. The number of aromatic nitrogens is 1. The summed E-state index contributed by atoms with van der Waals surface area (Å²) in [4.78, 5) is 19.0. The first-order valence-corrected chi connectivity index (χ1v) is 6.63. The lowest BCUT2D eigenvalue weighted by molar-refractivity contribution is 0.0657. The van der Waals surface area contributed by atoms with E-state index in [0.29, 0.717) is 5.56 Å². The Morgan fingerprint density at radius 3 is 2.81 bits per heavy atom. The van der Waals surface area contributed by atoms with Gasteiger partial charge in [0.1, 0.15) is 0 Å². The first-order chi connectivity index (χ1) is 9.27. The molecule has 1 aromatic carbocycles. The van der Waals surface area contributed by atoms with Gasteiger partial charge >= 0.3 is 0 Å². The number of piperazine rings is 1. The van der Waals surface area contributed by atoms with Crippen LogP contribution in [-0.4, -0.2) is 41.5 Å². The lowest BCUT2D eigenvalue weighted by atomic mass is 10.1. The van der Waals surface area contributed by atoms with Gasteiger partial charge in [-0.3, -0.25) is 9.78 Å². The average molecular weight is 328 g/mol. The van der Waals surface area contributed by atoms with E-state index in [1.807, 2.05) is 35.2 Å². The molecule has 0 spiro atoms. The van der Waals surface area contributed by atoms with Gasteiger partial charge in [0.05, 0.1) is 11.1 Å². The molecular formula is C15H19Cl2N3O. The first-order valence-electron chi connectivity index (χ1n) is 6.63. The second-order valence-corrected chi connectivity index (χ2v) is 4.93. The zero-order valence-corrected chi connectivity index (χ0v) is 13.4. The molecule has 6 heteroatoms. The molecule has 3 rings (SSSR count). The lowest BCUT2D eigenvalue weighted by Gasteiger charge is -2.34. The standard InChI is InChI=1S/C15H17N3O.2ClH/c1-11-10-16-8-9-18(11)15(19)13-6-2-4-12-5-3-7-17-14(12)13;;/h2-7,11,16H,8-10H2,1H3;2*1H/t11-;;/m0../s1. The third kappa shape index (κ3) is 3.46. The molecule has 1 fully saturated rings. The van der Waals surface area contributed by atoms with Crippen LogP contribution in [0, 0.1) is 0 Å². The summed E-state index contributed by atoms with van der Waals surface area (Å²) in [5.74, 6) is 0.0818. The van der Waals surface area contributed by atoms with E-state index in [-0.39, 0.29) is 36.8 Å². The van der Waals surface area contributed by atoms with E-state index in [4.69, 9.17) is 0 Å². The van der Waals surface area contributed by atoms with E-state index in [0.717, 1.165) is 30.5 Å². The molecule has 0 radical (unpaired) electrons. The maximum atomic E-state index is 12.7. The molecule has 1 aliphatic heterocycles. The normalized spacial score (nSPS) is 17.8. The van der Waals surface area contributed by atoms with Crippen molar-refractivity contribution in [3.63, 3.8) is 0 Å². The van der Waals surface area contributed by atoms with Gasteiger partial charge < -0.3 is 10.2 Å². The zero-order chi connectivity index (χ0) is 13.2. The largest absolute Gasteiger partial charge is 0.333 e. The third-order valence-corrected chi connectivity index (χ3v) is 3.63. The number of nitrogens with zero attached hydrogens (tertiary/aromatic N) is 2. The molecule has 1 aliphatic rings. The van der Waals surface area contributed by atoms with Crippen LogP contribution in [-0.2, 0) is 0 Å². The van der Waals surface area contributed by atoms with Crippen molar-refractivity contribution in [1.29, 1.82) is 0 Å².